The van der Waals surface area contributed by atoms with Crippen LogP contribution in [0.5, 0.6) is 5.75 Å². The number of ether oxygens (including phenoxy) is 1. The van der Waals surface area contributed by atoms with Crippen molar-refractivity contribution in [3.8, 4) is 5.75 Å². The van der Waals surface area contributed by atoms with E-state index in [1.54, 1.807) is 12.1 Å². The van der Waals surface area contributed by atoms with Gasteiger partial charge in [0.15, 0.2) is 0 Å². The molecular weight excluding hydrogens is 359 g/mol. The van der Waals surface area contributed by atoms with Gasteiger partial charge in [0, 0.05) is 0 Å². The van der Waals surface area contributed by atoms with E-state index in [0.717, 1.165) is 28.3 Å². The van der Waals surface area contributed by atoms with Gasteiger partial charge >= 0.3 is 0 Å². The molecule has 0 saturated heterocycles. The van der Waals surface area contributed by atoms with Gasteiger partial charge in [0.2, 0.25) is 15.9 Å². The number of halogens is 1. The number of aryl methyl sites for hydroxylation is 1. The van der Waals surface area contributed by atoms with E-state index in [4.69, 9.17) is 4.74 Å². The Labute approximate surface area is 152 Å². The minimum atomic E-state index is -3.77. The lowest BCUT2D eigenvalue weighted by Gasteiger charge is -2.28. The zero-order chi connectivity index (χ0) is 19.5. The molecule has 2 rings (SSSR count). The van der Waals surface area contributed by atoms with Crippen molar-refractivity contribution in [2.45, 2.75) is 19.9 Å². The van der Waals surface area contributed by atoms with Gasteiger partial charge in [0.1, 0.15) is 17.6 Å². The first kappa shape index (κ1) is 19.7. The predicted molar refractivity (Wildman–Crippen MR) is 99.5 cm³/mol. The van der Waals surface area contributed by atoms with E-state index in [0.29, 0.717) is 11.4 Å². The lowest BCUT2D eigenvalue weighted by atomic mass is 10.2. The third-order valence-electron chi connectivity index (χ3n) is 3.78. The number of hydrogen-bond acceptors (Lipinski definition) is 4. The molecule has 0 aliphatic rings. The van der Waals surface area contributed by atoms with Crippen molar-refractivity contribution in [1.82, 2.24) is 0 Å². The smallest absolute Gasteiger partial charge is 0.248 e. The molecule has 0 aliphatic carbocycles. The van der Waals surface area contributed by atoms with Crippen LogP contribution in [0.25, 0.3) is 0 Å². The van der Waals surface area contributed by atoms with Gasteiger partial charge in [0.25, 0.3) is 0 Å². The van der Waals surface area contributed by atoms with E-state index in [1.807, 2.05) is 13.0 Å². The monoisotopic (exact) mass is 380 g/mol. The summed E-state index contributed by atoms with van der Waals surface area (Å²) in [4.78, 5) is 12.7. The van der Waals surface area contributed by atoms with Crippen LogP contribution in [0.4, 0.5) is 15.8 Å². The number of carbonyl (C=O) groups is 1. The van der Waals surface area contributed by atoms with Crippen LogP contribution in [0.1, 0.15) is 12.5 Å². The van der Waals surface area contributed by atoms with Crippen molar-refractivity contribution in [3.05, 3.63) is 53.8 Å². The highest BCUT2D eigenvalue weighted by Gasteiger charge is 2.29. The summed E-state index contributed by atoms with van der Waals surface area (Å²) in [5.41, 5.74) is 1.55. The molecule has 0 fully saturated rings. The second-order valence-electron chi connectivity index (χ2n) is 5.90. The molecule has 140 valence electrons. The Balaban J connectivity index is 2.34. The van der Waals surface area contributed by atoms with Crippen molar-refractivity contribution >= 4 is 27.3 Å². The topological polar surface area (TPSA) is 75.7 Å². The number of methoxy groups -OCH3 is 1. The standard InChI is InChI=1S/C18H21FN2O4S/c1-12-5-10-17(25-3)16(11-12)20-18(22)13(2)21(26(4,23)24)15-8-6-14(19)7-9-15/h5-11,13H,1-4H3,(H,20,22)/t13-/m0/s1. The van der Waals surface area contributed by atoms with E-state index >= 15 is 0 Å². The van der Waals surface area contributed by atoms with Crippen molar-refractivity contribution in [1.29, 1.82) is 0 Å². The number of nitrogens with one attached hydrogen (secondary N) is 1. The summed E-state index contributed by atoms with van der Waals surface area (Å²) in [5, 5.41) is 2.69. The largest absolute Gasteiger partial charge is 0.495 e. The minimum absolute atomic E-state index is 0.202. The van der Waals surface area contributed by atoms with Crippen molar-refractivity contribution in [3.63, 3.8) is 0 Å². The van der Waals surface area contributed by atoms with Gasteiger partial charge in [-0.15, -0.1) is 0 Å². The summed E-state index contributed by atoms with van der Waals surface area (Å²) >= 11 is 0. The first-order valence-electron chi connectivity index (χ1n) is 7.84. The predicted octanol–water partition coefficient (Wildman–Crippen LogP) is 2.94. The lowest BCUT2D eigenvalue weighted by molar-refractivity contribution is -0.116. The Morgan fingerprint density at radius 3 is 2.35 bits per heavy atom. The molecule has 1 N–H and O–H groups in total. The summed E-state index contributed by atoms with van der Waals surface area (Å²) in [6.45, 7) is 3.32. The molecule has 1 amide bonds. The van der Waals surface area contributed by atoms with Gasteiger partial charge in [-0.2, -0.15) is 0 Å². The quantitative estimate of drug-likeness (QED) is 0.836. The van der Waals surface area contributed by atoms with Gasteiger partial charge in [-0.1, -0.05) is 6.07 Å². The average molecular weight is 380 g/mol. The summed E-state index contributed by atoms with van der Waals surface area (Å²) in [5.74, 6) is -0.573. The fourth-order valence-corrected chi connectivity index (χ4v) is 3.73. The number of benzene rings is 2. The van der Waals surface area contributed by atoms with Gasteiger partial charge < -0.3 is 10.1 Å². The number of rotatable bonds is 6. The second-order valence-corrected chi connectivity index (χ2v) is 7.76. The molecule has 0 unspecified atom stereocenters. The van der Waals surface area contributed by atoms with E-state index < -0.39 is 27.8 Å². The molecule has 0 aromatic heterocycles. The Morgan fingerprint density at radius 1 is 1.19 bits per heavy atom. The van der Waals surface area contributed by atoms with Gasteiger partial charge in [-0.3, -0.25) is 9.10 Å². The first-order chi connectivity index (χ1) is 12.1. The van der Waals surface area contributed by atoms with Gasteiger partial charge in [0.05, 0.1) is 24.7 Å². The van der Waals surface area contributed by atoms with Crippen molar-refractivity contribution < 1.29 is 22.3 Å². The molecule has 0 spiro atoms. The van der Waals surface area contributed by atoms with Crippen LogP contribution in [0.3, 0.4) is 0 Å². The van der Waals surface area contributed by atoms with Crippen LogP contribution in [0, 0.1) is 12.7 Å². The highest BCUT2D eigenvalue weighted by atomic mass is 32.2. The molecule has 0 aliphatic heterocycles. The fraction of sp³-hybridized carbons (Fsp3) is 0.278. The van der Waals surface area contributed by atoms with E-state index in [1.165, 1.54) is 26.2 Å². The van der Waals surface area contributed by atoms with Gasteiger partial charge in [-0.05, 0) is 55.8 Å². The SMILES string of the molecule is COc1ccc(C)cc1NC(=O)[C@H](C)N(c1ccc(F)cc1)S(C)(=O)=O. The Hall–Kier alpha value is -2.61. The molecule has 1 atom stereocenters. The second kappa shape index (κ2) is 7.74. The van der Waals surface area contributed by atoms with E-state index in [9.17, 15) is 17.6 Å². The summed E-state index contributed by atoms with van der Waals surface area (Å²) in [6, 6.07) is 9.13. The number of amides is 1. The molecule has 8 heteroatoms. The maximum absolute atomic E-state index is 13.2. The van der Waals surface area contributed by atoms with E-state index in [2.05, 4.69) is 5.32 Å². The summed E-state index contributed by atoms with van der Waals surface area (Å²) in [7, 11) is -2.30. The summed E-state index contributed by atoms with van der Waals surface area (Å²) in [6.07, 6.45) is 0.993. The Kier molecular flexibility index (Phi) is 5.86. The molecule has 2 aromatic carbocycles. The zero-order valence-corrected chi connectivity index (χ0v) is 15.8. The van der Waals surface area contributed by atoms with Crippen LogP contribution in [0.15, 0.2) is 42.5 Å². The van der Waals surface area contributed by atoms with Crippen LogP contribution in [-0.4, -0.2) is 33.7 Å². The number of anilines is 2. The Bertz CT molecular complexity index is 898. The first-order valence-corrected chi connectivity index (χ1v) is 9.69. The normalized spacial score (nSPS) is 12.3. The van der Waals surface area contributed by atoms with Crippen LogP contribution in [0.2, 0.25) is 0 Å². The number of nitrogens with zero attached hydrogens (tertiary/aromatic N) is 1. The minimum Gasteiger partial charge on any atom is -0.495 e. The molecular formula is C18H21FN2O4S. The third-order valence-corrected chi connectivity index (χ3v) is 5.02. The molecule has 0 bridgehead atoms. The third kappa shape index (κ3) is 4.51. The number of carbonyl (C=O) groups excluding carboxylic acids is 1. The fourth-order valence-electron chi connectivity index (χ4n) is 2.55. The molecule has 0 heterocycles. The van der Waals surface area contributed by atoms with Crippen LogP contribution >= 0.6 is 0 Å². The molecule has 6 nitrogen and oxygen atoms in total. The highest BCUT2D eigenvalue weighted by molar-refractivity contribution is 7.92. The number of hydrogen-bond donors (Lipinski definition) is 1. The Morgan fingerprint density at radius 2 is 1.81 bits per heavy atom. The van der Waals surface area contributed by atoms with Crippen molar-refractivity contribution in [2.75, 3.05) is 23.0 Å². The summed E-state index contributed by atoms with van der Waals surface area (Å²) < 4.78 is 43.8. The van der Waals surface area contributed by atoms with Crippen LogP contribution < -0.4 is 14.4 Å². The lowest BCUT2D eigenvalue weighted by Crippen LogP contribution is -2.45. The maximum Gasteiger partial charge on any atom is 0.248 e. The van der Waals surface area contributed by atoms with E-state index in [-0.39, 0.29) is 5.69 Å². The zero-order valence-electron chi connectivity index (χ0n) is 15.0. The molecule has 0 saturated carbocycles. The van der Waals surface area contributed by atoms with Gasteiger partial charge in [-0.25, -0.2) is 12.8 Å². The van der Waals surface area contributed by atoms with Crippen LogP contribution in [-0.2, 0) is 14.8 Å². The number of sulfonamides is 1. The molecule has 2 aromatic rings. The maximum atomic E-state index is 13.2. The van der Waals surface area contributed by atoms with Crippen molar-refractivity contribution in [2.24, 2.45) is 0 Å². The molecule has 26 heavy (non-hydrogen) atoms. The average Bonchev–Trinajstić information content (AvgIpc) is 2.55. The molecule has 0 radical (unpaired) electrons. The highest BCUT2D eigenvalue weighted by Crippen LogP contribution is 2.27.